The van der Waals surface area contributed by atoms with Crippen molar-refractivity contribution < 1.29 is 4.39 Å². The van der Waals surface area contributed by atoms with Crippen molar-refractivity contribution in [1.82, 2.24) is 24.8 Å². The van der Waals surface area contributed by atoms with Gasteiger partial charge >= 0.3 is 0 Å². The highest BCUT2D eigenvalue weighted by Gasteiger charge is 2.21. The van der Waals surface area contributed by atoms with Crippen molar-refractivity contribution in [3.63, 3.8) is 0 Å². The molecule has 7 nitrogen and oxygen atoms in total. The maximum atomic E-state index is 13.2. The number of nitrogens with one attached hydrogen (secondary N) is 3. The molecule has 8 heteroatoms. The molecule has 34 heavy (non-hydrogen) atoms. The number of H-pyrrole nitrogens is 1. The number of hydrogen-bond acceptors (Lipinski definition) is 6. The van der Waals surface area contributed by atoms with Crippen molar-refractivity contribution in [2.24, 2.45) is 0 Å². The molecule has 3 N–H and O–H groups in total. The molecule has 0 saturated carbocycles. The molecule has 3 heterocycles. The maximum absolute atomic E-state index is 13.2. The van der Waals surface area contributed by atoms with Crippen LogP contribution >= 0.6 is 0 Å². The lowest BCUT2D eigenvalue weighted by molar-refractivity contribution is 0.211. The Morgan fingerprint density at radius 3 is 2.44 bits per heavy atom. The van der Waals surface area contributed by atoms with Gasteiger partial charge in [0.1, 0.15) is 11.3 Å². The van der Waals surface area contributed by atoms with Crippen molar-refractivity contribution in [2.45, 2.75) is 46.2 Å². The van der Waals surface area contributed by atoms with E-state index in [1.807, 2.05) is 12.1 Å². The fourth-order valence-corrected chi connectivity index (χ4v) is 4.75. The quantitative estimate of drug-likeness (QED) is 0.366. The van der Waals surface area contributed by atoms with Gasteiger partial charge < -0.3 is 15.6 Å². The number of fused-ring (bicyclic) bond motifs is 1. The summed E-state index contributed by atoms with van der Waals surface area (Å²) in [5.74, 6) is 1.11. The third-order valence-electron chi connectivity index (χ3n) is 6.45. The van der Waals surface area contributed by atoms with E-state index in [1.54, 1.807) is 6.33 Å². The largest absolute Gasteiger partial charge is 0.351 e. The number of aromatic nitrogens is 4. The van der Waals surface area contributed by atoms with Crippen LogP contribution in [-0.4, -0.2) is 44.0 Å². The van der Waals surface area contributed by atoms with Gasteiger partial charge in [-0.3, -0.25) is 4.90 Å². The van der Waals surface area contributed by atoms with E-state index in [2.05, 4.69) is 63.4 Å². The fraction of sp³-hybridized carbons (Fsp3) is 0.346. The lowest BCUT2D eigenvalue weighted by Crippen LogP contribution is -2.39. The number of benzene rings is 2. The first-order valence-electron chi connectivity index (χ1n) is 11.7. The lowest BCUT2D eigenvalue weighted by atomic mass is 10.0. The Labute approximate surface area is 198 Å². The molecule has 1 fully saturated rings. The van der Waals surface area contributed by atoms with Crippen molar-refractivity contribution >= 4 is 28.6 Å². The molecule has 0 amide bonds. The van der Waals surface area contributed by atoms with Crippen LogP contribution in [0.25, 0.3) is 11.2 Å². The molecule has 176 valence electrons. The molecule has 2 aromatic heterocycles. The van der Waals surface area contributed by atoms with Gasteiger partial charge in [0.25, 0.3) is 0 Å². The topological polar surface area (TPSA) is 81.8 Å². The smallest absolute Gasteiger partial charge is 0.227 e. The highest BCUT2D eigenvalue weighted by molar-refractivity contribution is 5.87. The van der Waals surface area contributed by atoms with Gasteiger partial charge in [0.2, 0.25) is 5.95 Å². The average Bonchev–Trinajstić information content (AvgIpc) is 3.28. The Balaban J connectivity index is 1.28. The summed E-state index contributed by atoms with van der Waals surface area (Å²) in [6.07, 6.45) is 3.63. The zero-order valence-electron chi connectivity index (χ0n) is 19.8. The summed E-state index contributed by atoms with van der Waals surface area (Å²) in [5, 5.41) is 7.04. The summed E-state index contributed by atoms with van der Waals surface area (Å²) in [4.78, 5) is 19.4. The van der Waals surface area contributed by atoms with Gasteiger partial charge in [-0.2, -0.15) is 9.97 Å². The van der Waals surface area contributed by atoms with Gasteiger partial charge in [0, 0.05) is 31.4 Å². The molecule has 0 radical (unpaired) electrons. The molecule has 0 unspecified atom stereocenters. The van der Waals surface area contributed by atoms with Crippen LogP contribution in [0.15, 0.2) is 42.7 Å². The number of hydrogen-bond donors (Lipinski definition) is 3. The van der Waals surface area contributed by atoms with Crippen molar-refractivity contribution in [3.8, 4) is 0 Å². The van der Waals surface area contributed by atoms with Crippen LogP contribution in [-0.2, 0) is 6.54 Å². The zero-order chi connectivity index (χ0) is 23.7. The highest BCUT2D eigenvalue weighted by Crippen LogP contribution is 2.29. The minimum absolute atomic E-state index is 0.193. The number of halogens is 1. The Kier molecular flexibility index (Phi) is 6.15. The second-order valence-electron chi connectivity index (χ2n) is 9.22. The number of likely N-dealkylation sites (tertiary alicyclic amines) is 1. The van der Waals surface area contributed by atoms with Crippen LogP contribution < -0.4 is 10.6 Å². The van der Waals surface area contributed by atoms with E-state index >= 15 is 0 Å². The highest BCUT2D eigenvalue weighted by atomic mass is 19.1. The van der Waals surface area contributed by atoms with Crippen LogP contribution in [0, 0.1) is 26.6 Å². The van der Waals surface area contributed by atoms with Crippen molar-refractivity contribution in [1.29, 1.82) is 0 Å². The van der Waals surface area contributed by atoms with E-state index in [0.29, 0.717) is 17.4 Å². The fourth-order valence-electron chi connectivity index (χ4n) is 4.75. The predicted octanol–water partition coefficient (Wildman–Crippen LogP) is 5.24. The van der Waals surface area contributed by atoms with E-state index in [1.165, 1.54) is 28.8 Å². The van der Waals surface area contributed by atoms with Gasteiger partial charge in [0.05, 0.1) is 6.33 Å². The molecule has 1 aliphatic rings. The zero-order valence-corrected chi connectivity index (χ0v) is 19.8. The van der Waals surface area contributed by atoms with E-state index in [9.17, 15) is 4.39 Å². The lowest BCUT2D eigenvalue weighted by Gasteiger charge is -2.32. The van der Waals surface area contributed by atoms with E-state index in [4.69, 9.17) is 4.98 Å². The van der Waals surface area contributed by atoms with Crippen LogP contribution in [0.1, 0.15) is 35.1 Å². The number of anilines is 3. The van der Waals surface area contributed by atoms with E-state index < -0.39 is 0 Å². The van der Waals surface area contributed by atoms with E-state index in [-0.39, 0.29) is 11.9 Å². The summed E-state index contributed by atoms with van der Waals surface area (Å²) in [6, 6.07) is 11.4. The van der Waals surface area contributed by atoms with Gasteiger partial charge in [-0.1, -0.05) is 29.8 Å². The number of rotatable bonds is 6. The van der Waals surface area contributed by atoms with Crippen LogP contribution in [0.2, 0.25) is 0 Å². The normalized spacial score (nSPS) is 15.1. The summed E-state index contributed by atoms with van der Waals surface area (Å²) in [6.45, 7) is 9.08. The first-order valence-corrected chi connectivity index (χ1v) is 11.7. The number of imidazole rings is 1. The SMILES string of the molecule is Cc1cc(C)c(Nc2nc(NC3CCN(Cc4ccc(F)cc4)CC3)nc3nc[nH]c23)c(C)c1. The summed E-state index contributed by atoms with van der Waals surface area (Å²) >= 11 is 0. The molecule has 1 aliphatic heterocycles. The van der Waals surface area contributed by atoms with E-state index in [0.717, 1.165) is 49.2 Å². The molecule has 2 aromatic carbocycles. The Morgan fingerprint density at radius 2 is 1.74 bits per heavy atom. The number of aromatic amines is 1. The third-order valence-corrected chi connectivity index (χ3v) is 6.45. The van der Waals surface area contributed by atoms with Gasteiger partial charge in [-0.25, -0.2) is 9.37 Å². The number of piperidine rings is 1. The molecular formula is C26H30FN7. The second-order valence-corrected chi connectivity index (χ2v) is 9.22. The van der Waals surface area contributed by atoms with Crippen molar-refractivity contribution in [3.05, 3.63) is 70.8 Å². The van der Waals surface area contributed by atoms with Crippen LogP contribution in [0.4, 0.5) is 21.8 Å². The third kappa shape index (κ3) is 4.87. The molecule has 0 spiro atoms. The monoisotopic (exact) mass is 459 g/mol. The first-order chi connectivity index (χ1) is 16.4. The summed E-state index contributed by atoms with van der Waals surface area (Å²) in [5.41, 5.74) is 7.20. The standard InChI is InChI=1S/C26H30FN7/c1-16-12-17(2)22(18(3)13-16)31-25-23-24(29-15-28-23)32-26(33-25)30-21-8-10-34(11-9-21)14-19-4-6-20(27)7-5-19/h4-7,12-13,15,21H,8-11,14H2,1-3H3,(H3,28,29,30,31,32,33). The minimum Gasteiger partial charge on any atom is -0.351 e. The molecule has 0 aliphatic carbocycles. The molecule has 4 aromatic rings. The molecule has 5 rings (SSSR count). The van der Waals surface area contributed by atoms with Crippen LogP contribution in [0.3, 0.4) is 0 Å². The Hall–Kier alpha value is -3.52. The van der Waals surface area contributed by atoms with Gasteiger partial charge in [-0.05, 0) is 62.4 Å². The molecular weight excluding hydrogens is 429 g/mol. The molecule has 1 saturated heterocycles. The van der Waals surface area contributed by atoms with Crippen molar-refractivity contribution in [2.75, 3.05) is 23.7 Å². The first kappa shape index (κ1) is 22.3. The molecule has 0 bridgehead atoms. The van der Waals surface area contributed by atoms with Crippen LogP contribution in [0.5, 0.6) is 0 Å². The summed E-state index contributed by atoms with van der Waals surface area (Å²) in [7, 11) is 0. The number of nitrogens with zero attached hydrogens (tertiary/aromatic N) is 4. The Bertz CT molecular complexity index is 1270. The molecule has 0 atom stereocenters. The minimum atomic E-state index is -0.193. The van der Waals surface area contributed by atoms with Gasteiger partial charge in [0.15, 0.2) is 11.5 Å². The second kappa shape index (κ2) is 9.38. The number of aryl methyl sites for hydroxylation is 3. The predicted molar refractivity (Wildman–Crippen MR) is 134 cm³/mol. The summed E-state index contributed by atoms with van der Waals surface area (Å²) < 4.78 is 13.2. The maximum Gasteiger partial charge on any atom is 0.227 e. The van der Waals surface area contributed by atoms with Gasteiger partial charge in [-0.15, -0.1) is 0 Å². The average molecular weight is 460 g/mol. The Morgan fingerprint density at radius 1 is 1.03 bits per heavy atom.